The molecule has 0 atom stereocenters. The van der Waals surface area contributed by atoms with Crippen LogP contribution in [0.5, 0.6) is 0 Å². The minimum Gasteiger partial charge on any atom is -0.380 e. The van der Waals surface area contributed by atoms with E-state index in [4.69, 9.17) is 11.6 Å². The molecule has 0 unspecified atom stereocenters. The maximum atomic E-state index is 13.6. The Bertz CT molecular complexity index is 975. The van der Waals surface area contributed by atoms with Crippen LogP contribution in [0.25, 0.3) is 0 Å². The van der Waals surface area contributed by atoms with E-state index < -0.39 is 10.0 Å². The van der Waals surface area contributed by atoms with E-state index in [1.807, 2.05) is 0 Å². The second kappa shape index (κ2) is 7.38. The van der Waals surface area contributed by atoms with Gasteiger partial charge in [-0.3, -0.25) is 4.72 Å². The average Bonchev–Trinajstić information content (AvgIpc) is 3.03. The van der Waals surface area contributed by atoms with E-state index in [2.05, 4.69) is 15.0 Å². The standard InChI is InChI=1S/C16H13ClFN3O2S2/c17-14-6-8-16(24-14)25(22,23)21-15-7-5-12(10-20-15)19-9-11-3-1-2-4-13(11)18/h1-8,10,19H,9H2,(H,20,21). The van der Waals surface area contributed by atoms with Crippen molar-refractivity contribution >= 4 is 44.5 Å². The minimum absolute atomic E-state index is 0.112. The van der Waals surface area contributed by atoms with Gasteiger partial charge in [-0.25, -0.2) is 17.8 Å². The second-order valence-corrected chi connectivity index (χ2v) is 8.67. The molecule has 0 aliphatic heterocycles. The summed E-state index contributed by atoms with van der Waals surface area (Å²) in [7, 11) is -3.71. The van der Waals surface area contributed by atoms with Gasteiger partial charge in [-0.2, -0.15) is 0 Å². The van der Waals surface area contributed by atoms with Gasteiger partial charge in [-0.15, -0.1) is 11.3 Å². The number of thiophene rings is 1. The number of rotatable bonds is 6. The highest BCUT2D eigenvalue weighted by atomic mass is 35.5. The molecule has 9 heteroatoms. The lowest BCUT2D eigenvalue weighted by Crippen LogP contribution is -2.12. The number of pyridine rings is 1. The molecular formula is C16H13ClFN3O2S2. The predicted molar refractivity (Wildman–Crippen MR) is 98.1 cm³/mol. The Kier molecular flexibility index (Phi) is 5.22. The van der Waals surface area contributed by atoms with Gasteiger partial charge in [0.2, 0.25) is 0 Å². The Labute approximate surface area is 153 Å². The van der Waals surface area contributed by atoms with E-state index >= 15 is 0 Å². The largest absolute Gasteiger partial charge is 0.380 e. The highest BCUT2D eigenvalue weighted by molar-refractivity contribution is 7.94. The van der Waals surface area contributed by atoms with E-state index in [-0.39, 0.29) is 15.8 Å². The first kappa shape index (κ1) is 17.7. The van der Waals surface area contributed by atoms with E-state index in [9.17, 15) is 12.8 Å². The maximum Gasteiger partial charge on any atom is 0.272 e. The molecule has 2 aromatic heterocycles. The van der Waals surface area contributed by atoms with Gasteiger partial charge in [0.05, 0.1) is 16.2 Å². The van der Waals surface area contributed by atoms with Crippen LogP contribution in [0, 0.1) is 5.82 Å². The Morgan fingerprint density at radius 3 is 2.56 bits per heavy atom. The van der Waals surface area contributed by atoms with Gasteiger partial charge >= 0.3 is 0 Å². The number of anilines is 2. The molecule has 2 heterocycles. The van der Waals surface area contributed by atoms with Crippen LogP contribution in [0.1, 0.15) is 5.56 Å². The lowest BCUT2D eigenvalue weighted by Gasteiger charge is -2.09. The molecule has 130 valence electrons. The summed E-state index contributed by atoms with van der Waals surface area (Å²) in [5.41, 5.74) is 1.17. The van der Waals surface area contributed by atoms with Crippen LogP contribution in [0.2, 0.25) is 4.34 Å². The lowest BCUT2D eigenvalue weighted by atomic mass is 10.2. The number of sulfonamides is 1. The van der Waals surface area contributed by atoms with Crippen molar-refractivity contribution in [2.24, 2.45) is 0 Å². The summed E-state index contributed by atoms with van der Waals surface area (Å²) in [4.78, 5) is 4.06. The first-order chi connectivity index (χ1) is 11.9. The fraction of sp³-hybridized carbons (Fsp3) is 0.0625. The zero-order valence-electron chi connectivity index (χ0n) is 12.7. The molecule has 3 rings (SSSR count). The van der Waals surface area contributed by atoms with E-state index in [0.717, 1.165) is 11.3 Å². The van der Waals surface area contributed by atoms with Crippen LogP contribution in [0.15, 0.2) is 58.9 Å². The SMILES string of the molecule is O=S(=O)(Nc1ccc(NCc2ccccc2F)cn1)c1ccc(Cl)s1. The summed E-state index contributed by atoms with van der Waals surface area (Å²) in [6.45, 7) is 0.299. The van der Waals surface area contributed by atoms with Gasteiger partial charge in [0.1, 0.15) is 15.8 Å². The molecule has 0 aliphatic carbocycles. The lowest BCUT2D eigenvalue weighted by molar-refractivity contribution is 0.603. The highest BCUT2D eigenvalue weighted by Crippen LogP contribution is 2.27. The van der Waals surface area contributed by atoms with E-state index in [1.54, 1.807) is 24.3 Å². The number of halogens is 2. The van der Waals surface area contributed by atoms with Crippen molar-refractivity contribution in [2.45, 2.75) is 10.8 Å². The fourth-order valence-electron chi connectivity index (χ4n) is 2.03. The van der Waals surface area contributed by atoms with Crippen LogP contribution >= 0.6 is 22.9 Å². The third-order valence-corrected chi connectivity index (χ3v) is 6.33. The first-order valence-corrected chi connectivity index (χ1v) is 9.83. The average molecular weight is 398 g/mol. The summed E-state index contributed by atoms with van der Waals surface area (Å²) in [5, 5.41) is 3.03. The van der Waals surface area contributed by atoms with Crippen molar-refractivity contribution < 1.29 is 12.8 Å². The molecule has 5 nitrogen and oxygen atoms in total. The molecule has 25 heavy (non-hydrogen) atoms. The summed E-state index contributed by atoms with van der Waals surface area (Å²) in [6, 6.07) is 12.6. The van der Waals surface area contributed by atoms with Gasteiger partial charge in [0.25, 0.3) is 10.0 Å². The number of nitrogens with zero attached hydrogens (tertiary/aromatic N) is 1. The third-order valence-electron chi connectivity index (χ3n) is 3.26. The van der Waals surface area contributed by atoms with E-state index in [0.29, 0.717) is 22.1 Å². The van der Waals surface area contributed by atoms with Gasteiger partial charge in [-0.1, -0.05) is 29.8 Å². The Morgan fingerprint density at radius 2 is 1.92 bits per heavy atom. The van der Waals surface area contributed by atoms with Gasteiger partial charge in [0, 0.05) is 12.1 Å². The normalized spacial score (nSPS) is 11.3. The van der Waals surface area contributed by atoms with Crippen molar-refractivity contribution in [2.75, 3.05) is 10.0 Å². The summed E-state index contributed by atoms with van der Waals surface area (Å²) in [6.07, 6.45) is 1.47. The first-order valence-electron chi connectivity index (χ1n) is 7.15. The maximum absolute atomic E-state index is 13.6. The van der Waals surface area contributed by atoms with Crippen LogP contribution in [-0.2, 0) is 16.6 Å². The molecular weight excluding hydrogens is 385 g/mol. The third kappa shape index (κ3) is 4.47. The predicted octanol–water partition coefficient (Wildman–Crippen LogP) is 4.35. The number of aromatic nitrogens is 1. The van der Waals surface area contributed by atoms with Gasteiger partial charge in [0.15, 0.2) is 0 Å². The van der Waals surface area contributed by atoms with Crippen molar-refractivity contribution in [3.8, 4) is 0 Å². The Balaban J connectivity index is 1.65. The molecule has 1 aromatic carbocycles. The zero-order chi connectivity index (χ0) is 17.9. The molecule has 0 amide bonds. The van der Waals surface area contributed by atoms with Gasteiger partial charge in [-0.05, 0) is 30.3 Å². The number of hydrogen-bond acceptors (Lipinski definition) is 5. The number of benzene rings is 1. The van der Waals surface area contributed by atoms with Crippen molar-refractivity contribution in [1.82, 2.24) is 4.98 Å². The summed E-state index contributed by atoms with van der Waals surface area (Å²) < 4.78 is 40.8. The topological polar surface area (TPSA) is 71.1 Å². The molecule has 0 saturated carbocycles. The monoisotopic (exact) mass is 397 g/mol. The van der Waals surface area contributed by atoms with Crippen molar-refractivity contribution in [3.63, 3.8) is 0 Å². The summed E-state index contributed by atoms with van der Waals surface area (Å²) in [5.74, 6) is -0.108. The van der Waals surface area contributed by atoms with Crippen LogP contribution < -0.4 is 10.0 Å². The number of hydrogen-bond donors (Lipinski definition) is 2. The van der Waals surface area contributed by atoms with Gasteiger partial charge < -0.3 is 5.32 Å². The van der Waals surface area contributed by atoms with Crippen molar-refractivity contribution in [3.05, 3.63) is 70.4 Å². The zero-order valence-corrected chi connectivity index (χ0v) is 15.1. The van der Waals surface area contributed by atoms with Crippen LogP contribution in [-0.4, -0.2) is 13.4 Å². The molecule has 0 fully saturated rings. The Hall–Kier alpha value is -2.16. The van der Waals surface area contributed by atoms with Crippen molar-refractivity contribution in [1.29, 1.82) is 0 Å². The number of nitrogens with one attached hydrogen (secondary N) is 2. The Morgan fingerprint density at radius 1 is 1.12 bits per heavy atom. The van der Waals surface area contributed by atoms with Crippen LogP contribution in [0.3, 0.4) is 0 Å². The second-order valence-electron chi connectivity index (χ2n) is 5.04. The summed E-state index contributed by atoms with van der Waals surface area (Å²) >= 11 is 6.73. The van der Waals surface area contributed by atoms with Crippen LogP contribution in [0.4, 0.5) is 15.9 Å². The fourth-order valence-corrected chi connectivity index (χ4v) is 4.52. The molecule has 0 bridgehead atoms. The molecule has 0 spiro atoms. The molecule has 3 aromatic rings. The molecule has 0 aliphatic rings. The minimum atomic E-state index is -3.71. The van der Waals surface area contributed by atoms with E-state index in [1.165, 1.54) is 30.5 Å². The smallest absolute Gasteiger partial charge is 0.272 e. The highest BCUT2D eigenvalue weighted by Gasteiger charge is 2.17. The molecule has 0 saturated heterocycles. The molecule has 2 N–H and O–H groups in total. The quantitative estimate of drug-likeness (QED) is 0.648. The molecule has 0 radical (unpaired) electrons.